The van der Waals surface area contributed by atoms with Gasteiger partial charge in [0.2, 0.25) is 11.8 Å². The third-order valence-electron chi connectivity index (χ3n) is 9.63. The highest BCUT2D eigenvalue weighted by atomic mass is 19.4. The Labute approximate surface area is 322 Å². The molecule has 1 heterocycles. The molecule has 4 N–H and O–H groups in total. The molecular formula is C39H49F3N2O12. The van der Waals surface area contributed by atoms with E-state index in [1.54, 1.807) is 26.8 Å². The molecule has 0 unspecified atom stereocenters. The third kappa shape index (κ3) is 11.6. The van der Waals surface area contributed by atoms with Crippen LogP contribution in [0.4, 0.5) is 13.2 Å². The lowest BCUT2D eigenvalue weighted by Crippen LogP contribution is -2.55. The van der Waals surface area contributed by atoms with Gasteiger partial charge in [-0.1, -0.05) is 12.1 Å². The first-order chi connectivity index (χ1) is 26.3. The van der Waals surface area contributed by atoms with E-state index in [1.165, 1.54) is 37.3 Å². The fourth-order valence-electron chi connectivity index (χ4n) is 6.69. The van der Waals surface area contributed by atoms with Gasteiger partial charge in [-0.2, -0.15) is 13.2 Å². The zero-order chi connectivity index (χ0) is 41.0. The van der Waals surface area contributed by atoms with Crippen LogP contribution in [0.3, 0.4) is 0 Å². The van der Waals surface area contributed by atoms with E-state index < -0.39 is 97.0 Å². The van der Waals surface area contributed by atoms with Crippen LogP contribution in [0.1, 0.15) is 88.6 Å². The predicted octanol–water partition coefficient (Wildman–Crippen LogP) is 3.43. The highest BCUT2D eigenvalue weighted by Crippen LogP contribution is 2.59. The molecule has 14 nitrogen and oxygen atoms in total. The molecule has 0 spiro atoms. The van der Waals surface area contributed by atoms with E-state index in [-0.39, 0.29) is 42.2 Å². The Hall–Kier alpha value is -4.32. The largest absolute Gasteiger partial charge is 0.460 e. The van der Waals surface area contributed by atoms with Gasteiger partial charge < -0.3 is 44.5 Å². The summed E-state index contributed by atoms with van der Waals surface area (Å²) in [6, 6.07) is 3.36. The summed E-state index contributed by atoms with van der Waals surface area (Å²) >= 11 is 0. The lowest BCUT2D eigenvalue weighted by atomic mass is 9.91. The first kappa shape index (κ1) is 42.8. The van der Waals surface area contributed by atoms with Gasteiger partial charge in [-0.05, 0) is 89.6 Å². The number of rotatable bonds is 16. The van der Waals surface area contributed by atoms with E-state index in [1.807, 2.05) is 0 Å². The third-order valence-corrected chi connectivity index (χ3v) is 9.63. The second-order valence-corrected chi connectivity index (χ2v) is 15.7. The quantitative estimate of drug-likeness (QED) is 0.108. The number of alkyl halides is 3. The SMILES string of the molecule is C[C@H](O)[C@@H](NC(=O)C1=C[C@H]2OC(C3CC3)(C3CC3)O[C@H]2[C@H](OC(=O)c2ccc(C=CC(=O)OCC(F)(F)F)cc2)C1)C(=O)N[C@H](CO)CCC(=O)OC(C)(C)C. The molecule has 6 atom stereocenters. The summed E-state index contributed by atoms with van der Waals surface area (Å²) in [4.78, 5) is 64.4. The number of carbonyl (C=O) groups is 5. The Morgan fingerprint density at radius 2 is 1.64 bits per heavy atom. The molecule has 0 aromatic heterocycles. The molecule has 2 amide bonds. The average Bonchev–Trinajstić information content (AvgIpc) is 4.07. The molecule has 3 fully saturated rings. The first-order valence-electron chi connectivity index (χ1n) is 18.7. The molecule has 1 saturated heterocycles. The minimum Gasteiger partial charge on any atom is -0.460 e. The van der Waals surface area contributed by atoms with Crippen molar-refractivity contribution >= 4 is 35.8 Å². The molecule has 0 radical (unpaired) electrons. The Balaban J connectivity index is 1.27. The van der Waals surface area contributed by atoms with Gasteiger partial charge in [-0.25, -0.2) is 9.59 Å². The summed E-state index contributed by atoms with van der Waals surface area (Å²) in [7, 11) is 0. The molecule has 1 aromatic rings. The van der Waals surface area contributed by atoms with Gasteiger partial charge in [0.05, 0.1) is 24.3 Å². The molecule has 2 saturated carbocycles. The zero-order valence-electron chi connectivity index (χ0n) is 31.6. The van der Waals surface area contributed by atoms with Gasteiger partial charge in [-0.15, -0.1) is 0 Å². The van der Waals surface area contributed by atoms with Gasteiger partial charge in [0.1, 0.15) is 30.0 Å². The number of esters is 3. The van der Waals surface area contributed by atoms with Crippen molar-refractivity contribution in [1.29, 1.82) is 0 Å². The van der Waals surface area contributed by atoms with Crippen LogP contribution >= 0.6 is 0 Å². The number of carbonyl (C=O) groups excluding carboxylic acids is 5. The maximum atomic E-state index is 13.8. The number of halogens is 3. The fraction of sp³-hybridized carbons (Fsp3) is 0.615. The maximum Gasteiger partial charge on any atom is 0.422 e. The first-order valence-corrected chi connectivity index (χ1v) is 18.7. The summed E-state index contributed by atoms with van der Waals surface area (Å²) < 4.78 is 65.5. The number of nitrogens with one attached hydrogen (secondary N) is 2. The van der Waals surface area contributed by atoms with Crippen LogP contribution in [0, 0.1) is 11.8 Å². The van der Waals surface area contributed by atoms with Crippen LogP contribution in [-0.2, 0) is 42.9 Å². The molecule has 5 rings (SSSR count). The zero-order valence-corrected chi connectivity index (χ0v) is 31.6. The van der Waals surface area contributed by atoms with Gasteiger partial charge in [0.15, 0.2) is 12.4 Å². The second kappa shape index (κ2) is 17.4. The van der Waals surface area contributed by atoms with Gasteiger partial charge in [0, 0.05) is 36.3 Å². The fourth-order valence-corrected chi connectivity index (χ4v) is 6.69. The Kier molecular flexibility index (Phi) is 13.3. The van der Waals surface area contributed by atoms with E-state index in [4.69, 9.17) is 18.9 Å². The van der Waals surface area contributed by atoms with Crippen molar-refractivity contribution in [2.45, 2.75) is 127 Å². The maximum absolute atomic E-state index is 13.8. The van der Waals surface area contributed by atoms with E-state index in [9.17, 15) is 47.4 Å². The summed E-state index contributed by atoms with van der Waals surface area (Å²) in [5.74, 6) is -4.61. The van der Waals surface area contributed by atoms with E-state index in [0.717, 1.165) is 31.8 Å². The Morgan fingerprint density at radius 1 is 1.00 bits per heavy atom. The second-order valence-electron chi connectivity index (χ2n) is 15.7. The smallest absolute Gasteiger partial charge is 0.422 e. The van der Waals surface area contributed by atoms with Gasteiger partial charge in [-0.3, -0.25) is 14.4 Å². The average molecular weight is 795 g/mol. The Morgan fingerprint density at radius 3 is 2.20 bits per heavy atom. The molecule has 1 aromatic carbocycles. The molecular weight excluding hydrogens is 745 g/mol. The van der Waals surface area contributed by atoms with Crippen LogP contribution in [0.5, 0.6) is 0 Å². The predicted molar refractivity (Wildman–Crippen MR) is 190 cm³/mol. The summed E-state index contributed by atoms with van der Waals surface area (Å²) in [6.07, 6.45) is -1.52. The number of amides is 2. The minimum absolute atomic E-state index is 0.0411. The monoisotopic (exact) mass is 794 g/mol. The van der Waals surface area contributed by atoms with Crippen molar-refractivity contribution in [3.8, 4) is 0 Å². The number of fused-ring (bicyclic) bond motifs is 1. The standard InChI is InChI=1S/C39H49F3N2O12/c1-21(46)32(35(50)43-27(19-45)14-16-31(48)55-37(2,3)4)44-34(49)24-17-28(33-29(18-24)54-39(56-33,25-10-11-25)26-12-13-26)53-36(51)23-8-5-22(6-9-23)7-15-30(47)52-20-38(40,41)42/h5-9,15,18,21,25-29,32-33,45-46H,10-14,16-17,19-20H2,1-4H3,(H,43,50)(H,44,49)/t21-,27-,28+,29+,32+,33-/m0/s1. The van der Waals surface area contributed by atoms with Crippen LogP contribution in [0.15, 0.2) is 42.0 Å². The lowest BCUT2D eigenvalue weighted by molar-refractivity contribution is -0.209. The minimum atomic E-state index is -4.66. The number of hydrogen-bond donors (Lipinski definition) is 4. The van der Waals surface area contributed by atoms with Crippen LogP contribution in [0.2, 0.25) is 0 Å². The van der Waals surface area contributed by atoms with E-state index in [2.05, 4.69) is 15.4 Å². The molecule has 56 heavy (non-hydrogen) atoms. The van der Waals surface area contributed by atoms with Crippen molar-refractivity contribution in [3.05, 3.63) is 53.1 Å². The number of aliphatic hydroxyl groups excluding tert-OH is 2. The van der Waals surface area contributed by atoms with Crippen LogP contribution in [-0.4, -0.2) is 107 Å². The molecule has 0 bridgehead atoms. The number of aliphatic hydroxyl groups is 2. The number of ether oxygens (including phenoxy) is 5. The Bertz CT molecular complexity index is 1670. The van der Waals surface area contributed by atoms with Gasteiger partial charge >= 0.3 is 24.1 Å². The van der Waals surface area contributed by atoms with Gasteiger partial charge in [0.25, 0.3) is 0 Å². The molecule has 308 valence electrons. The number of hydrogen-bond acceptors (Lipinski definition) is 12. The lowest BCUT2D eigenvalue weighted by Gasteiger charge is -2.31. The number of benzene rings is 1. The van der Waals surface area contributed by atoms with Crippen molar-refractivity contribution < 1.29 is 71.0 Å². The van der Waals surface area contributed by atoms with E-state index in [0.29, 0.717) is 5.56 Å². The van der Waals surface area contributed by atoms with E-state index >= 15 is 0 Å². The van der Waals surface area contributed by atoms with Crippen molar-refractivity contribution in [2.75, 3.05) is 13.2 Å². The van der Waals surface area contributed by atoms with Crippen molar-refractivity contribution in [1.82, 2.24) is 10.6 Å². The topological polar surface area (TPSA) is 196 Å². The normalized spacial score (nSPS) is 23.6. The summed E-state index contributed by atoms with van der Waals surface area (Å²) in [5, 5.41) is 25.5. The molecule has 3 aliphatic carbocycles. The molecule has 1 aliphatic heterocycles. The summed E-state index contributed by atoms with van der Waals surface area (Å²) in [6.45, 7) is 4.20. The van der Waals surface area contributed by atoms with Crippen LogP contribution in [0.25, 0.3) is 6.08 Å². The molecule has 4 aliphatic rings. The summed E-state index contributed by atoms with van der Waals surface area (Å²) in [5.41, 5.74) is -0.104. The molecule has 17 heteroatoms. The van der Waals surface area contributed by atoms with Crippen molar-refractivity contribution in [2.24, 2.45) is 11.8 Å². The van der Waals surface area contributed by atoms with Crippen LogP contribution < -0.4 is 10.6 Å². The highest BCUT2D eigenvalue weighted by Gasteiger charge is 2.64. The highest BCUT2D eigenvalue weighted by molar-refractivity contribution is 5.98. The van der Waals surface area contributed by atoms with Crippen molar-refractivity contribution in [3.63, 3.8) is 0 Å².